The number of hydrogen-bond donors (Lipinski definition) is 3. The van der Waals surface area contributed by atoms with Crippen molar-refractivity contribution in [3.8, 4) is 0 Å². The summed E-state index contributed by atoms with van der Waals surface area (Å²) in [6.07, 6.45) is -4.32. The van der Waals surface area contributed by atoms with Crippen molar-refractivity contribution in [1.82, 2.24) is 5.32 Å². The Morgan fingerprint density at radius 3 is 2.00 bits per heavy atom. The van der Waals surface area contributed by atoms with Gasteiger partial charge >= 0.3 is 18.4 Å². The molecule has 3 N–H and O–H groups in total. The third kappa shape index (κ3) is 4.33. The van der Waals surface area contributed by atoms with Gasteiger partial charge in [-0.05, 0) is 0 Å². The average Bonchev–Trinajstić information content (AvgIpc) is 2.01. The molecule has 0 fully saturated rings. The molecule has 80 valence electrons. The minimum Gasteiger partial charge on any atom is -0.481 e. The summed E-state index contributed by atoms with van der Waals surface area (Å²) in [6, 6.07) is -1.84. The molecule has 1 amide bonds. The van der Waals surface area contributed by atoms with E-state index in [1.165, 1.54) is 5.32 Å². The van der Waals surface area contributed by atoms with Crippen molar-refractivity contribution in [2.45, 2.75) is 18.9 Å². The highest BCUT2D eigenvalue weighted by Gasteiger charge is 2.26. The molecule has 0 saturated carbocycles. The van der Waals surface area contributed by atoms with Crippen molar-refractivity contribution in [1.29, 1.82) is 0 Å². The quantitative estimate of drug-likeness (QED) is 0.557. The number of carbonyl (C=O) groups is 3. The fourth-order valence-electron chi connectivity index (χ4n) is 0.609. The van der Waals surface area contributed by atoms with Gasteiger partial charge < -0.3 is 15.5 Å². The second-order valence-electron chi connectivity index (χ2n) is 2.30. The Morgan fingerprint density at radius 1 is 1.21 bits per heavy atom. The molecule has 1 atom stereocenters. The maximum Gasteiger partial charge on any atom is 0.326 e. The van der Waals surface area contributed by atoms with E-state index in [1.807, 2.05) is 0 Å². The van der Waals surface area contributed by atoms with Gasteiger partial charge in [-0.15, -0.1) is 0 Å². The van der Waals surface area contributed by atoms with Gasteiger partial charge in [-0.2, -0.15) is 8.78 Å². The van der Waals surface area contributed by atoms with Crippen LogP contribution in [0.1, 0.15) is 6.42 Å². The second-order valence-corrected chi connectivity index (χ2v) is 2.30. The highest BCUT2D eigenvalue weighted by Crippen LogP contribution is 1.97. The minimum absolute atomic E-state index is 0.951. The molecule has 0 bridgehead atoms. The van der Waals surface area contributed by atoms with Gasteiger partial charge in [-0.25, -0.2) is 4.79 Å². The zero-order valence-electron chi connectivity index (χ0n) is 6.74. The third-order valence-electron chi connectivity index (χ3n) is 1.19. The van der Waals surface area contributed by atoms with Crippen molar-refractivity contribution >= 4 is 17.8 Å². The number of alkyl halides is 2. The SMILES string of the molecule is O=C(O)CC(NC(=O)C(F)F)C(=O)O. The summed E-state index contributed by atoms with van der Waals surface area (Å²) >= 11 is 0. The van der Waals surface area contributed by atoms with Crippen LogP contribution in [0.5, 0.6) is 0 Å². The van der Waals surface area contributed by atoms with Gasteiger partial charge in [0.2, 0.25) is 0 Å². The van der Waals surface area contributed by atoms with Gasteiger partial charge in [0.1, 0.15) is 6.04 Å². The molecule has 0 aromatic rings. The second kappa shape index (κ2) is 5.10. The zero-order chi connectivity index (χ0) is 11.3. The van der Waals surface area contributed by atoms with Crippen molar-refractivity contribution < 1.29 is 33.4 Å². The monoisotopic (exact) mass is 211 g/mol. The number of halogens is 2. The van der Waals surface area contributed by atoms with Gasteiger partial charge in [0.05, 0.1) is 6.42 Å². The lowest BCUT2D eigenvalue weighted by atomic mass is 10.2. The summed E-state index contributed by atoms with van der Waals surface area (Å²) < 4.78 is 23.3. The van der Waals surface area contributed by atoms with E-state index in [9.17, 15) is 23.2 Å². The third-order valence-corrected chi connectivity index (χ3v) is 1.19. The highest BCUT2D eigenvalue weighted by molar-refractivity contribution is 5.87. The summed E-state index contributed by atoms with van der Waals surface area (Å²) in [4.78, 5) is 30.7. The summed E-state index contributed by atoms with van der Waals surface area (Å²) in [5.74, 6) is -4.99. The van der Waals surface area contributed by atoms with Crippen LogP contribution >= 0.6 is 0 Å². The molecule has 0 radical (unpaired) electrons. The lowest BCUT2D eigenvalue weighted by Gasteiger charge is -2.11. The van der Waals surface area contributed by atoms with Crippen molar-refractivity contribution in [3.05, 3.63) is 0 Å². The van der Waals surface area contributed by atoms with E-state index in [0.29, 0.717) is 0 Å². The van der Waals surface area contributed by atoms with Gasteiger partial charge in [-0.1, -0.05) is 0 Å². The maximum atomic E-state index is 11.6. The molecule has 0 aliphatic rings. The Balaban J connectivity index is 4.31. The van der Waals surface area contributed by atoms with Crippen LogP contribution in [-0.2, 0) is 14.4 Å². The Bertz CT molecular complexity index is 255. The van der Waals surface area contributed by atoms with E-state index in [1.54, 1.807) is 0 Å². The molecule has 0 aromatic carbocycles. The fraction of sp³-hybridized carbons (Fsp3) is 0.500. The first kappa shape index (κ1) is 12.3. The number of carbonyl (C=O) groups excluding carboxylic acids is 1. The van der Waals surface area contributed by atoms with Crippen LogP contribution < -0.4 is 5.32 Å². The van der Waals surface area contributed by atoms with Crippen LogP contribution in [0.25, 0.3) is 0 Å². The van der Waals surface area contributed by atoms with Crippen LogP contribution in [0.15, 0.2) is 0 Å². The van der Waals surface area contributed by atoms with Crippen LogP contribution in [0.4, 0.5) is 8.78 Å². The molecule has 0 spiro atoms. The average molecular weight is 211 g/mol. The van der Waals surface area contributed by atoms with E-state index in [-0.39, 0.29) is 0 Å². The number of carboxylic acid groups (broad SMARTS) is 2. The first-order valence-corrected chi connectivity index (χ1v) is 3.37. The van der Waals surface area contributed by atoms with Crippen LogP contribution in [0.3, 0.4) is 0 Å². The summed E-state index contributed by atoms with van der Waals surface area (Å²) in [5.41, 5.74) is 0. The predicted octanol–water partition coefficient (Wildman–Crippen LogP) is -0.704. The fourth-order valence-corrected chi connectivity index (χ4v) is 0.609. The number of nitrogens with one attached hydrogen (secondary N) is 1. The molecule has 14 heavy (non-hydrogen) atoms. The maximum absolute atomic E-state index is 11.6. The molecule has 0 rings (SSSR count). The molecule has 0 saturated heterocycles. The largest absolute Gasteiger partial charge is 0.481 e. The lowest BCUT2D eigenvalue weighted by Crippen LogP contribution is -2.44. The Morgan fingerprint density at radius 2 is 1.71 bits per heavy atom. The Labute approximate surface area is 76.5 Å². The molecule has 6 nitrogen and oxygen atoms in total. The minimum atomic E-state index is -3.37. The Kier molecular flexibility index (Phi) is 4.47. The molecule has 0 aliphatic carbocycles. The van der Waals surface area contributed by atoms with Gasteiger partial charge in [-0.3, -0.25) is 9.59 Å². The summed E-state index contributed by atoms with van der Waals surface area (Å²) in [7, 11) is 0. The molecular formula is C6H7F2NO5. The van der Waals surface area contributed by atoms with E-state index in [4.69, 9.17) is 10.2 Å². The molecule has 0 aromatic heterocycles. The zero-order valence-corrected chi connectivity index (χ0v) is 6.74. The first-order valence-electron chi connectivity index (χ1n) is 3.37. The van der Waals surface area contributed by atoms with E-state index in [2.05, 4.69) is 0 Å². The van der Waals surface area contributed by atoms with Crippen molar-refractivity contribution in [2.75, 3.05) is 0 Å². The highest BCUT2D eigenvalue weighted by atomic mass is 19.3. The number of carboxylic acids is 2. The molecular weight excluding hydrogens is 204 g/mol. The lowest BCUT2D eigenvalue weighted by molar-refractivity contribution is -0.148. The topological polar surface area (TPSA) is 104 Å². The van der Waals surface area contributed by atoms with Gasteiger partial charge in [0.25, 0.3) is 5.91 Å². The smallest absolute Gasteiger partial charge is 0.326 e. The van der Waals surface area contributed by atoms with Crippen LogP contribution in [-0.4, -0.2) is 40.5 Å². The summed E-state index contributed by atoms with van der Waals surface area (Å²) in [5, 5.41) is 17.9. The number of hydrogen-bond acceptors (Lipinski definition) is 3. The molecule has 0 heterocycles. The summed E-state index contributed by atoms with van der Waals surface area (Å²) in [6.45, 7) is 0. The predicted molar refractivity (Wildman–Crippen MR) is 37.8 cm³/mol. The number of aliphatic carboxylic acids is 2. The van der Waals surface area contributed by atoms with E-state index in [0.717, 1.165) is 0 Å². The molecule has 1 unspecified atom stereocenters. The van der Waals surface area contributed by atoms with Crippen LogP contribution in [0.2, 0.25) is 0 Å². The van der Waals surface area contributed by atoms with E-state index >= 15 is 0 Å². The normalized spacial score (nSPS) is 12.2. The van der Waals surface area contributed by atoms with Crippen LogP contribution in [0, 0.1) is 0 Å². The van der Waals surface area contributed by atoms with Gasteiger partial charge in [0, 0.05) is 0 Å². The van der Waals surface area contributed by atoms with Gasteiger partial charge in [0.15, 0.2) is 0 Å². The van der Waals surface area contributed by atoms with Crippen molar-refractivity contribution in [2.24, 2.45) is 0 Å². The van der Waals surface area contributed by atoms with E-state index < -0.39 is 36.7 Å². The standard InChI is InChI=1S/C6H7F2NO5/c7-4(8)5(12)9-2(6(13)14)1-3(10)11/h2,4H,1H2,(H,9,12)(H,10,11)(H,13,14). The first-order chi connectivity index (χ1) is 6.34. The molecule has 0 aliphatic heterocycles. The number of amides is 1. The number of rotatable bonds is 5. The van der Waals surface area contributed by atoms with Crippen molar-refractivity contribution in [3.63, 3.8) is 0 Å². The Hall–Kier alpha value is -1.73. The molecule has 8 heteroatoms.